The number of hydrogen-bond donors (Lipinski definition) is 0. The molecule has 0 amide bonds. The molecule has 0 unspecified atom stereocenters. The van der Waals surface area contributed by atoms with Crippen LogP contribution in [0, 0.1) is 11.3 Å². The average molecular weight is 258 g/mol. The first-order chi connectivity index (χ1) is 7.11. The minimum atomic E-state index is 0.107. The van der Waals surface area contributed by atoms with Gasteiger partial charge in [0.1, 0.15) is 6.07 Å². The fourth-order valence-electron chi connectivity index (χ4n) is 1.12. The van der Waals surface area contributed by atoms with Crippen molar-refractivity contribution < 1.29 is 0 Å². The summed E-state index contributed by atoms with van der Waals surface area (Å²) in [6, 6.07) is 5.00. The molecule has 0 aliphatic rings. The lowest BCUT2D eigenvalue weighted by Crippen LogP contribution is -1.88. The van der Waals surface area contributed by atoms with Gasteiger partial charge in [0.15, 0.2) is 10.3 Å². The highest BCUT2D eigenvalue weighted by Gasteiger charge is 2.08. The first-order valence-electron chi connectivity index (χ1n) is 3.84. The van der Waals surface area contributed by atoms with Crippen LogP contribution >= 0.6 is 34.8 Å². The Kier molecular flexibility index (Phi) is 2.66. The van der Waals surface area contributed by atoms with E-state index in [1.807, 2.05) is 6.07 Å². The van der Waals surface area contributed by atoms with Crippen LogP contribution in [0.5, 0.6) is 0 Å². The molecule has 0 aliphatic heterocycles. The van der Waals surface area contributed by atoms with Crippen LogP contribution in [0.4, 0.5) is 0 Å². The third kappa shape index (κ3) is 1.84. The number of nitrogens with zero attached hydrogens (tertiary/aromatic N) is 3. The van der Waals surface area contributed by atoms with Gasteiger partial charge in [-0.25, -0.2) is 9.97 Å². The zero-order valence-corrected chi connectivity index (χ0v) is 9.40. The van der Waals surface area contributed by atoms with Crippen molar-refractivity contribution in [3.63, 3.8) is 0 Å². The Morgan fingerprint density at radius 2 is 1.53 bits per heavy atom. The molecule has 2 aromatic rings. The molecule has 0 radical (unpaired) electrons. The van der Waals surface area contributed by atoms with Crippen molar-refractivity contribution in [1.82, 2.24) is 9.97 Å². The van der Waals surface area contributed by atoms with Crippen LogP contribution in [0.25, 0.3) is 11.0 Å². The van der Waals surface area contributed by atoms with Crippen LogP contribution in [0.2, 0.25) is 15.3 Å². The third-order valence-electron chi connectivity index (χ3n) is 1.79. The molecule has 0 saturated heterocycles. The van der Waals surface area contributed by atoms with Gasteiger partial charge in [0.2, 0.25) is 0 Å². The Morgan fingerprint density at radius 1 is 1.00 bits per heavy atom. The highest BCUT2D eigenvalue weighted by Crippen LogP contribution is 2.25. The van der Waals surface area contributed by atoms with Crippen molar-refractivity contribution in [2.24, 2.45) is 0 Å². The molecular weight excluding hydrogens is 256 g/mol. The van der Waals surface area contributed by atoms with Gasteiger partial charge in [0.05, 0.1) is 21.6 Å². The number of halogens is 3. The van der Waals surface area contributed by atoms with E-state index in [2.05, 4.69) is 9.97 Å². The molecule has 1 heterocycles. The average Bonchev–Trinajstić information content (AvgIpc) is 2.20. The van der Waals surface area contributed by atoms with Crippen molar-refractivity contribution in [1.29, 1.82) is 5.26 Å². The second-order valence-corrected chi connectivity index (χ2v) is 3.86. The maximum Gasteiger partial charge on any atom is 0.167 e. The van der Waals surface area contributed by atoms with Crippen molar-refractivity contribution in [2.75, 3.05) is 0 Å². The normalized spacial score (nSPS) is 10.3. The maximum absolute atomic E-state index is 8.76. The molecule has 1 aromatic carbocycles. The van der Waals surface area contributed by atoms with Crippen LogP contribution in [0.3, 0.4) is 0 Å². The molecule has 15 heavy (non-hydrogen) atoms. The van der Waals surface area contributed by atoms with Crippen molar-refractivity contribution in [3.8, 4) is 6.07 Å². The molecule has 0 atom stereocenters. The summed E-state index contributed by atoms with van der Waals surface area (Å²) in [4.78, 5) is 7.97. The summed E-state index contributed by atoms with van der Waals surface area (Å²) < 4.78 is 0. The third-order valence-corrected chi connectivity index (χ3v) is 2.73. The fraction of sp³-hybridized carbons (Fsp3) is 0. The summed E-state index contributed by atoms with van der Waals surface area (Å²) in [6.07, 6.45) is 0. The Balaban J connectivity index is 2.84. The number of nitriles is 1. The zero-order chi connectivity index (χ0) is 11.0. The Hall–Kier alpha value is -1.08. The van der Waals surface area contributed by atoms with Crippen LogP contribution in [0.15, 0.2) is 12.1 Å². The first kappa shape index (κ1) is 10.4. The van der Waals surface area contributed by atoms with E-state index < -0.39 is 0 Å². The molecule has 0 fully saturated rings. The van der Waals surface area contributed by atoms with Crippen molar-refractivity contribution >= 4 is 45.8 Å². The summed E-state index contributed by atoms with van der Waals surface area (Å²) in [7, 11) is 0. The van der Waals surface area contributed by atoms with Gasteiger partial charge in [-0.3, -0.25) is 0 Å². The van der Waals surface area contributed by atoms with E-state index in [-0.39, 0.29) is 10.3 Å². The summed E-state index contributed by atoms with van der Waals surface area (Å²) in [5.74, 6) is 0. The number of rotatable bonds is 0. The lowest BCUT2D eigenvalue weighted by atomic mass is 10.2. The van der Waals surface area contributed by atoms with E-state index >= 15 is 0 Å². The van der Waals surface area contributed by atoms with Crippen LogP contribution in [-0.4, -0.2) is 9.97 Å². The van der Waals surface area contributed by atoms with Gasteiger partial charge in [-0.1, -0.05) is 34.8 Å². The SMILES string of the molecule is N#Cc1cc2nc(Cl)c(Cl)nc2cc1Cl. The topological polar surface area (TPSA) is 49.6 Å². The van der Waals surface area contributed by atoms with Gasteiger partial charge < -0.3 is 0 Å². The zero-order valence-electron chi connectivity index (χ0n) is 7.13. The van der Waals surface area contributed by atoms with Crippen LogP contribution in [0.1, 0.15) is 5.56 Å². The van der Waals surface area contributed by atoms with Gasteiger partial charge >= 0.3 is 0 Å². The van der Waals surface area contributed by atoms with E-state index in [0.717, 1.165) is 0 Å². The molecule has 2 rings (SSSR count). The fourth-order valence-corrected chi connectivity index (χ4v) is 1.59. The molecule has 0 bridgehead atoms. The van der Waals surface area contributed by atoms with E-state index in [4.69, 9.17) is 40.1 Å². The van der Waals surface area contributed by atoms with Crippen molar-refractivity contribution in [3.05, 3.63) is 33.0 Å². The highest BCUT2D eigenvalue weighted by molar-refractivity contribution is 6.40. The first-order valence-corrected chi connectivity index (χ1v) is 4.97. The van der Waals surface area contributed by atoms with E-state index in [1.165, 1.54) is 12.1 Å². The van der Waals surface area contributed by atoms with Gasteiger partial charge in [-0.2, -0.15) is 5.26 Å². The summed E-state index contributed by atoms with van der Waals surface area (Å²) in [5.41, 5.74) is 1.33. The van der Waals surface area contributed by atoms with E-state index in [9.17, 15) is 0 Å². The molecule has 0 saturated carbocycles. The standard InChI is InChI=1S/C9H2Cl3N3/c10-5-2-7-6(1-4(5)3-13)14-8(11)9(12)15-7/h1-2H. The minimum absolute atomic E-state index is 0.107. The van der Waals surface area contributed by atoms with Gasteiger partial charge in [-0.05, 0) is 12.1 Å². The van der Waals surface area contributed by atoms with Crippen LogP contribution < -0.4 is 0 Å². The molecule has 1 aromatic heterocycles. The van der Waals surface area contributed by atoms with Gasteiger partial charge in [-0.15, -0.1) is 0 Å². The lowest BCUT2D eigenvalue weighted by Gasteiger charge is -2.01. The summed E-state index contributed by atoms with van der Waals surface area (Å²) in [5, 5.41) is 9.30. The Morgan fingerprint density at radius 3 is 2.07 bits per heavy atom. The molecule has 0 aliphatic carbocycles. The number of fused-ring (bicyclic) bond motifs is 1. The Labute approximate surface area is 100 Å². The number of hydrogen-bond acceptors (Lipinski definition) is 3. The summed E-state index contributed by atoms with van der Waals surface area (Å²) >= 11 is 17.2. The molecular formula is C9H2Cl3N3. The predicted molar refractivity (Wildman–Crippen MR) is 59.3 cm³/mol. The quantitative estimate of drug-likeness (QED) is 0.727. The van der Waals surface area contributed by atoms with E-state index in [0.29, 0.717) is 21.6 Å². The van der Waals surface area contributed by atoms with Crippen LogP contribution in [-0.2, 0) is 0 Å². The molecule has 0 N–H and O–H groups in total. The second kappa shape index (κ2) is 3.82. The van der Waals surface area contributed by atoms with Gasteiger partial charge in [0.25, 0.3) is 0 Å². The maximum atomic E-state index is 8.76. The largest absolute Gasteiger partial charge is 0.231 e. The molecule has 74 valence electrons. The molecule has 6 heteroatoms. The lowest BCUT2D eigenvalue weighted by molar-refractivity contribution is 1.29. The smallest absolute Gasteiger partial charge is 0.167 e. The second-order valence-electron chi connectivity index (χ2n) is 2.74. The predicted octanol–water partition coefficient (Wildman–Crippen LogP) is 3.46. The monoisotopic (exact) mass is 257 g/mol. The Bertz CT molecular complexity index is 589. The van der Waals surface area contributed by atoms with Crippen molar-refractivity contribution in [2.45, 2.75) is 0 Å². The highest BCUT2D eigenvalue weighted by atomic mass is 35.5. The van der Waals surface area contributed by atoms with E-state index in [1.54, 1.807) is 0 Å². The number of aromatic nitrogens is 2. The van der Waals surface area contributed by atoms with Gasteiger partial charge in [0, 0.05) is 0 Å². The molecule has 3 nitrogen and oxygen atoms in total. The minimum Gasteiger partial charge on any atom is -0.231 e. The number of benzene rings is 1. The molecule has 0 spiro atoms. The summed E-state index contributed by atoms with van der Waals surface area (Å²) in [6.45, 7) is 0.